The molecule has 0 radical (unpaired) electrons. The third-order valence-corrected chi connectivity index (χ3v) is 3.32. The van der Waals surface area contributed by atoms with Gasteiger partial charge in [0.15, 0.2) is 0 Å². The lowest BCUT2D eigenvalue weighted by Gasteiger charge is -2.36. The summed E-state index contributed by atoms with van der Waals surface area (Å²) >= 11 is 0. The van der Waals surface area contributed by atoms with Crippen molar-refractivity contribution >= 4 is 22.7 Å². The second-order valence-electron chi connectivity index (χ2n) is 5.08. The maximum atomic E-state index is 5.82. The maximum absolute atomic E-state index is 5.82. The van der Waals surface area contributed by atoms with Crippen LogP contribution in [0.5, 0.6) is 0 Å². The minimum Gasteiger partial charge on any atom is -0.372 e. The number of morpholine rings is 1. The van der Waals surface area contributed by atoms with Crippen LogP contribution >= 0.6 is 0 Å². The van der Waals surface area contributed by atoms with Gasteiger partial charge in [-0.1, -0.05) is 12.1 Å². The SMILES string of the molecule is C[C@@H]1CN(c2nc(N)nc3ccccc23)C[C@H](C)O1. The molecule has 1 aromatic heterocycles. The number of anilines is 2. The normalized spacial score (nSPS) is 23.8. The van der Waals surface area contributed by atoms with E-state index in [1.165, 1.54) is 0 Å². The Hall–Kier alpha value is -1.88. The summed E-state index contributed by atoms with van der Waals surface area (Å²) in [5.74, 6) is 1.23. The first-order valence-corrected chi connectivity index (χ1v) is 6.56. The van der Waals surface area contributed by atoms with E-state index >= 15 is 0 Å². The minimum atomic E-state index is 0.193. The molecule has 100 valence electrons. The Morgan fingerprint density at radius 2 is 1.84 bits per heavy atom. The molecule has 1 aliphatic heterocycles. The van der Waals surface area contributed by atoms with Crippen LogP contribution in [0.4, 0.5) is 11.8 Å². The number of aromatic nitrogens is 2. The molecule has 2 atom stereocenters. The van der Waals surface area contributed by atoms with Gasteiger partial charge in [0.1, 0.15) is 5.82 Å². The highest BCUT2D eigenvalue weighted by molar-refractivity contribution is 5.90. The van der Waals surface area contributed by atoms with Crippen LogP contribution in [0.15, 0.2) is 24.3 Å². The van der Waals surface area contributed by atoms with E-state index < -0.39 is 0 Å². The number of hydrogen-bond donors (Lipinski definition) is 1. The molecule has 0 unspecified atom stereocenters. The Balaban J connectivity index is 2.08. The van der Waals surface area contributed by atoms with Crippen molar-refractivity contribution in [3.05, 3.63) is 24.3 Å². The van der Waals surface area contributed by atoms with E-state index in [0.29, 0.717) is 5.95 Å². The van der Waals surface area contributed by atoms with E-state index in [2.05, 4.69) is 28.7 Å². The third kappa shape index (κ3) is 2.33. The number of para-hydroxylation sites is 1. The third-order valence-electron chi connectivity index (χ3n) is 3.32. The number of nitrogen functional groups attached to an aromatic ring is 1. The zero-order valence-corrected chi connectivity index (χ0v) is 11.2. The van der Waals surface area contributed by atoms with Crippen molar-refractivity contribution < 1.29 is 4.74 Å². The molecule has 0 amide bonds. The Morgan fingerprint density at radius 3 is 2.58 bits per heavy atom. The maximum Gasteiger partial charge on any atom is 0.222 e. The Bertz CT molecular complexity index is 591. The van der Waals surface area contributed by atoms with Crippen LogP contribution in [0.2, 0.25) is 0 Å². The molecule has 0 spiro atoms. The van der Waals surface area contributed by atoms with Gasteiger partial charge >= 0.3 is 0 Å². The molecule has 1 fully saturated rings. The van der Waals surface area contributed by atoms with Gasteiger partial charge in [0, 0.05) is 18.5 Å². The topological polar surface area (TPSA) is 64.3 Å². The molecule has 2 N–H and O–H groups in total. The fourth-order valence-electron chi connectivity index (χ4n) is 2.67. The molecule has 5 heteroatoms. The van der Waals surface area contributed by atoms with Gasteiger partial charge in [0.2, 0.25) is 5.95 Å². The number of rotatable bonds is 1. The largest absolute Gasteiger partial charge is 0.372 e. The number of hydrogen-bond acceptors (Lipinski definition) is 5. The van der Waals surface area contributed by atoms with E-state index in [1.807, 2.05) is 24.3 Å². The first-order chi connectivity index (χ1) is 9.13. The first kappa shape index (κ1) is 12.2. The van der Waals surface area contributed by atoms with Crippen LogP contribution in [0, 0.1) is 0 Å². The first-order valence-electron chi connectivity index (χ1n) is 6.56. The highest BCUT2D eigenvalue weighted by atomic mass is 16.5. The summed E-state index contributed by atoms with van der Waals surface area (Å²) < 4.78 is 5.76. The highest BCUT2D eigenvalue weighted by Gasteiger charge is 2.24. The highest BCUT2D eigenvalue weighted by Crippen LogP contribution is 2.27. The number of nitrogens with two attached hydrogens (primary N) is 1. The summed E-state index contributed by atoms with van der Waals surface area (Å²) in [6.07, 6.45) is 0.386. The summed E-state index contributed by atoms with van der Waals surface area (Å²) in [4.78, 5) is 10.9. The average Bonchev–Trinajstić information content (AvgIpc) is 2.36. The zero-order valence-electron chi connectivity index (χ0n) is 11.2. The molecule has 0 bridgehead atoms. The lowest BCUT2D eigenvalue weighted by Crippen LogP contribution is -2.46. The minimum absolute atomic E-state index is 0.193. The van der Waals surface area contributed by atoms with Crippen molar-refractivity contribution in [2.75, 3.05) is 23.7 Å². The Labute approximate surface area is 112 Å². The monoisotopic (exact) mass is 258 g/mol. The fraction of sp³-hybridized carbons (Fsp3) is 0.429. The summed E-state index contributed by atoms with van der Waals surface area (Å²) in [5.41, 5.74) is 6.71. The van der Waals surface area contributed by atoms with Gasteiger partial charge in [-0.25, -0.2) is 4.98 Å². The molecule has 1 aliphatic rings. The Kier molecular flexibility index (Phi) is 2.98. The van der Waals surface area contributed by atoms with E-state index in [0.717, 1.165) is 29.8 Å². The average molecular weight is 258 g/mol. The van der Waals surface area contributed by atoms with Crippen LogP contribution in [0.3, 0.4) is 0 Å². The standard InChI is InChI=1S/C14H18N4O/c1-9-7-18(8-10(2)19-9)13-11-5-3-4-6-12(11)16-14(15)17-13/h3-6,9-10H,7-8H2,1-2H3,(H2,15,16,17)/t9-,10+. The van der Waals surface area contributed by atoms with Crippen molar-refractivity contribution in [2.45, 2.75) is 26.1 Å². The molecule has 2 aromatic rings. The zero-order chi connectivity index (χ0) is 13.4. The lowest BCUT2D eigenvalue weighted by atomic mass is 10.2. The van der Waals surface area contributed by atoms with Crippen LogP contribution in [-0.4, -0.2) is 35.3 Å². The summed E-state index contributed by atoms with van der Waals surface area (Å²) in [6, 6.07) is 7.96. The molecular weight excluding hydrogens is 240 g/mol. The molecule has 1 aromatic carbocycles. The second-order valence-corrected chi connectivity index (χ2v) is 5.08. The quantitative estimate of drug-likeness (QED) is 0.845. The van der Waals surface area contributed by atoms with Crippen LogP contribution in [-0.2, 0) is 4.74 Å². The van der Waals surface area contributed by atoms with Crippen molar-refractivity contribution in [2.24, 2.45) is 0 Å². The van der Waals surface area contributed by atoms with Crippen molar-refractivity contribution in [3.8, 4) is 0 Å². The lowest BCUT2D eigenvalue weighted by molar-refractivity contribution is -0.00536. The van der Waals surface area contributed by atoms with Crippen LogP contribution in [0.25, 0.3) is 10.9 Å². The van der Waals surface area contributed by atoms with Crippen molar-refractivity contribution in [3.63, 3.8) is 0 Å². The van der Waals surface area contributed by atoms with E-state index in [9.17, 15) is 0 Å². The summed E-state index contributed by atoms with van der Waals surface area (Å²) in [6.45, 7) is 5.81. The van der Waals surface area contributed by atoms with Gasteiger partial charge in [0.05, 0.1) is 17.7 Å². The van der Waals surface area contributed by atoms with E-state index in [4.69, 9.17) is 10.5 Å². The van der Waals surface area contributed by atoms with Crippen LogP contribution in [0.1, 0.15) is 13.8 Å². The molecule has 0 saturated carbocycles. The summed E-state index contributed by atoms with van der Waals surface area (Å²) in [5, 5.41) is 1.04. The van der Waals surface area contributed by atoms with Crippen molar-refractivity contribution in [1.29, 1.82) is 0 Å². The fourth-order valence-corrected chi connectivity index (χ4v) is 2.67. The molecule has 19 heavy (non-hydrogen) atoms. The predicted octanol–water partition coefficient (Wildman–Crippen LogP) is 1.83. The molecule has 2 heterocycles. The van der Waals surface area contributed by atoms with Crippen molar-refractivity contribution in [1.82, 2.24) is 9.97 Å². The smallest absolute Gasteiger partial charge is 0.222 e. The van der Waals surface area contributed by atoms with Gasteiger partial charge in [0.25, 0.3) is 0 Å². The molecule has 5 nitrogen and oxygen atoms in total. The molecular formula is C14H18N4O. The molecule has 1 saturated heterocycles. The molecule has 0 aliphatic carbocycles. The van der Waals surface area contributed by atoms with Gasteiger partial charge in [-0.3, -0.25) is 0 Å². The number of benzene rings is 1. The van der Waals surface area contributed by atoms with Gasteiger partial charge in [-0.2, -0.15) is 4.98 Å². The number of ether oxygens (including phenoxy) is 1. The number of nitrogens with zero attached hydrogens (tertiary/aromatic N) is 3. The Morgan fingerprint density at radius 1 is 1.16 bits per heavy atom. The van der Waals surface area contributed by atoms with Crippen LogP contribution < -0.4 is 10.6 Å². The van der Waals surface area contributed by atoms with E-state index in [-0.39, 0.29) is 12.2 Å². The van der Waals surface area contributed by atoms with Gasteiger partial charge in [-0.05, 0) is 26.0 Å². The van der Waals surface area contributed by atoms with Gasteiger partial charge < -0.3 is 15.4 Å². The summed E-state index contributed by atoms with van der Waals surface area (Å²) in [7, 11) is 0. The predicted molar refractivity (Wildman–Crippen MR) is 76.2 cm³/mol. The molecule has 3 rings (SSSR count). The van der Waals surface area contributed by atoms with Gasteiger partial charge in [-0.15, -0.1) is 0 Å². The van der Waals surface area contributed by atoms with E-state index in [1.54, 1.807) is 0 Å². The number of fused-ring (bicyclic) bond motifs is 1. The second kappa shape index (κ2) is 4.66.